The molecule has 1 fully saturated rings. The third-order valence-electron chi connectivity index (χ3n) is 4.82. The zero-order chi connectivity index (χ0) is 19.8. The normalized spacial score (nSPS) is 13.6. The quantitative estimate of drug-likeness (QED) is 0.666. The minimum atomic E-state index is -0.843. The molecular weight excluding hydrogens is 366 g/mol. The lowest BCUT2D eigenvalue weighted by Gasteiger charge is -2.15. The molecular formula is C20H20F2N4O2. The van der Waals surface area contributed by atoms with Crippen LogP contribution in [-0.4, -0.2) is 30.7 Å². The SMILES string of the molecule is COc1cc(OC)c(F)c(-c2cc3cnc(N)cc3c(NCC3CC3)n2)c1F. The van der Waals surface area contributed by atoms with Crippen LogP contribution in [0.25, 0.3) is 22.0 Å². The Morgan fingerprint density at radius 1 is 1.11 bits per heavy atom. The molecule has 1 aliphatic rings. The first-order valence-corrected chi connectivity index (χ1v) is 8.92. The molecule has 8 heteroatoms. The molecule has 0 spiro atoms. The Kier molecular flexibility index (Phi) is 4.62. The molecule has 2 heterocycles. The van der Waals surface area contributed by atoms with Crippen molar-refractivity contribution in [2.45, 2.75) is 12.8 Å². The molecule has 0 bridgehead atoms. The number of nitrogens with two attached hydrogens (primary N) is 1. The molecule has 1 aliphatic carbocycles. The third kappa shape index (κ3) is 3.26. The molecule has 28 heavy (non-hydrogen) atoms. The summed E-state index contributed by atoms with van der Waals surface area (Å²) in [6.45, 7) is 0.736. The molecule has 6 nitrogen and oxygen atoms in total. The van der Waals surface area contributed by atoms with Gasteiger partial charge in [0.25, 0.3) is 0 Å². The van der Waals surface area contributed by atoms with E-state index in [-0.39, 0.29) is 22.8 Å². The van der Waals surface area contributed by atoms with E-state index < -0.39 is 11.6 Å². The zero-order valence-electron chi connectivity index (χ0n) is 15.6. The van der Waals surface area contributed by atoms with Crippen molar-refractivity contribution in [1.29, 1.82) is 0 Å². The summed E-state index contributed by atoms with van der Waals surface area (Å²) >= 11 is 0. The highest BCUT2D eigenvalue weighted by Gasteiger charge is 2.25. The van der Waals surface area contributed by atoms with Crippen LogP contribution in [-0.2, 0) is 0 Å². The zero-order valence-corrected chi connectivity index (χ0v) is 15.6. The smallest absolute Gasteiger partial charge is 0.177 e. The molecule has 0 atom stereocenters. The van der Waals surface area contributed by atoms with Gasteiger partial charge in [-0.1, -0.05) is 0 Å². The van der Waals surface area contributed by atoms with E-state index in [1.54, 1.807) is 18.3 Å². The minimum absolute atomic E-state index is 0.115. The van der Waals surface area contributed by atoms with Gasteiger partial charge < -0.3 is 20.5 Å². The molecule has 1 aromatic carbocycles. The lowest BCUT2D eigenvalue weighted by atomic mass is 10.1. The van der Waals surface area contributed by atoms with E-state index in [1.165, 1.54) is 20.3 Å². The molecule has 3 N–H and O–H groups in total. The fourth-order valence-corrected chi connectivity index (χ4v) is 3.10. The van der Waals surface area contributed by atoms with Crippen molar-refractivity contribution in [2.24, 2.45) is 5.92 Å². The Labute approximate surface area is 160 Å². The largest absolute Gasteiger partial charge is 0.494 e. The van der Waals surface area contributed by atoms with Crippen LogP contribution in [0.3, 0.4) is 0 Å². The molecule has 0 radical (unpaired) electrons. The van der Waals surface area contributed by atoms with Crippen molar-refractivity contribution in [2.75, 3.05) is 31.8 Å². The number of methoxy groups -OCH3 is 2. The standard InChI is InChI=1S/C20H20F2N4O2/c1-27-14-7-15(28-2)19(22)17(18(14)21)13-5-11-9-24-16(23)6-12(11)20(26-13)25-8-10-3-4-10/h5-7,9-10H,3-4,8H2,1-2H3,(H2,23,24)(H,25,26). The van der Waals surface area contributed by atoms with Crippen LogP contribution < -0.4 is 20.5 Å². The average molecular weight is 386 g/mol. The number of pyridine rings is 2. The van der Waals surface area contributed by atoms with Gasteiger partial charge in [0.15, 0.2) is 23.1 Å². The highest BCUT2D eigenvalue weighted by Crippen LogP contribution is 2.39. The Morgan fingerprint density at radius 2 is 1.79 bits per heavy atom. The number of nitrogen functional groups attached to an aromatic ring is 1. The first kappa shape index (κ1) is 18.2. The molecule has 1 saturated carbocycles. The predicted octanol–water partition coefficient (Wildman–Crippen LogP) is 4.00. The van der Waals surface area contributed by atoms with E-state index in [9.17, 15) is 8.78 Å². The van der Waals surface area contributed by atoms with Gasteiger partial charge in [-0.05, 0) is 30.9 Å². The van der Waals surface area contributed by atoms with Crippen LogP contribution in [0.1, 0.15) is 12.8 Å². The number of halogens is 2. The van der Waals surface area contributed by atoms with Crippen LogP contribution in [0.2, 0.25) is 0 Å². The third-order valence-corrected chi connectivity index (χ3v) is 4.82. The van der Waals surface area contributed by atoms with E-state index >= 15 is 0 Å². The lowest BCUT2D eigenvalue weighted by Crippen LogP contribution is -2.07. The molecule has 0 amide bonds. The number of aromatic nitrogens is 2. The van der Waals surface area contributed by atoms with Crippen molar-refractivity contribution in [3.05, 3.63) is 36.0 Å². The van der Waals surface area contributed by atoms with Gasteiger partial charge in [0.2, 0.25) is 0 Å². The Balaban J connectivity index is 1.92. The number of hydrogen-bond donors (Lipinski definition) is 2. The predicted molar refractivity (Wildman–Crippen MR) is 104 cm³/mol. The summed E-state index contributed by atoms with van der Waals surface area (Å²) in [6, 6.07) is 4.44. The first-order valence-electron chi connectivity index (χ1n) is 8.92. The van der Waals surface area contributed by atoms with E-state index in [4.69, 9.17) is 15.2 Å². The van der Waals surface area contributed by atoms with Crippen molar-refractivity contribution in [1.82, 2.24) is 9.97 Å². The van der Waals surface area contributed by atoms with E-state index in [1.807, 2.05) is 0 Å². The maximum atomic E-state index is 14.9. The molecule has 0 unspecified atom stereocenters. The summed E-state index contributed by atoms with van der Waals surface area (Å²) < 4.78 is 39.9. The monoisotopic (exact) mass is 386 g/mol. The number of nitrogens with one attached hydrogen (secondary N) is 1. The molecule has 3 aromatic rings. The number of fused-ring (bicyclic) bond motifs is 1. The Bertz CT molecular complexity index is 1030. The topological polar surface area (TPSA) is 82.3 Å². The van der Waals surface area contributed by atoms with Gasteiger partial charge in [-0.3, -0.25) is 0 Å². The van der Waals surface area contributed by atoms with Gasteiger partial charge >= 0.3 is 0 Å². The van der Waals surface area contributed by atoms with Gasteiger partial charge in [-0.15, -0.1) is 0 Å². The van der Waals surface area contributed by atoms with Crippen LogP contribution >= 0.6 is 0 Å². The lowest BCUT2D eigenvalue weighted by molar-refractivity contribution is 0.359. The molecule has 4 rings (SSSR count). The summed E-state index contributed by atoms with van der Waals surface area (Å²) in [7, 11) is 2.62. The van der Waals surface area contributed by atoms with E-state index in [2.05, 4.69) is 15.3 Å². The molecule has 146 valence electrons. The maximum absolute atomic E-state index is 14.9. The maximum Gasteiger partial charge on any atom is 0.177 e. The van der Waals surface area contributed by atoms with Crippen LogP contribution in [0.4, 0.5) is 20.4 Å². The first-order chi connectivity index (χ1) is 13.5. The Hall–Kier alpha value is -3.16. The molecule has 2 aromatic heterocycles. The average Bonchev–Trinajstić information content (AvgIpc) is 3.51. The summed E-state index contributed by atoms with van der Waals surface area (Å²) in [5.74, 6) is -0.499. The summed E-state index contributed by atoms with van der Waals surface area (Å²) in [6.07, 6.45) is 3.88. The number of ether oxygens (including phenoxy) is 2. The molecule has 0 saturated heterocycles. The number of anilines is 2. The number of hydrogen-bond acceptors (Lipinski definition) is 6. The highest BCUT2D eigenvalue weighted by molar-refractivity contribution is 5.95. The van der Waals surface area contributed by atoms with E-state index in [0.717, 1.165) is 24.8 Å². The van der Waals surface area contributed by atoms with Gasteiger partial charge in [0.1, 0.15) is 11.6 Å². The van der Waals surface area contributed by atoms with Crippen molar-refractivity contribution < 1.29 is 18.3 Å². The van der Waals surface area contributed by atoms with Crippen molar-refractivity contribution in [3.8, 4) is 22.8 Å². The second kappa shape index (κ2) is 7.10. The van der Waals surface area contributed by atoms with Crippen LogP contribution in [0.5, 0.6) is 11.5 Å². The fourth-order valence-electron chi connectivity index (χ4n) is 3.10. The van der Waals surface area contributed by atoms with Gasteiger partial charge in [-0.2, -0.15) is 0 Å². The van der Waals surface area contributed by atoms with E-state index in [0.29, 0.717) is 22.9 Å². The van der Waals surface area contributed by atoms with Crippen LogP contribution in [0.15, 0.2) is 24.4 Å². The van der Waals surface area contributed by atoms with Gasteiger partial charge in [0, 0.05) is 29.6 Å². The summed E-state index contributed by atoms with van der Waals surface area (Å²) in [5, 5.41) is 4.69. The highest BCUT2D eigenvalue weighted by atomic mass is 19.1. The van der Waals surface area contributed by atoms with Crippen molar-refractivity contribution >= 4 is 22.4 Å². The molecule has 0 aliphatic heterocycles. The summed E-state index contributed by atoms with van der Waals surface area (Å²) in [4.78, 5) is 8.59. The van der Waals surface area contributed by atoms with Gasteiger partial charge in [0.05, 0.1) is 25.5 Å². The van der Waals surface area contributed by atoms with Crippen molar-refractivity contribution in [3.63, 3.8) is 0 Å². The second-order valence-electron chi connectivity index (χ2n) is 6.79. The number of nitrogens with zero attached hydrogens (tertiary/aromatic N) is 2. The van der Waals surface area contributed by atoms with Crippen LogP contribution in [0, 0.1) is 17.6 Å². The number of benzene rings is 1. The second-order valence-corrected chi connectivity index (χ2v) is 6.79. The fraction of sp³-hybridized carbons (Fsp3) is 0.300. The summed E-state index contributed by atoms with van der Waals surface area (Å²) in [5.41, 5.74) is 5.61. The van der Waals surface area contributed by atoms with Gasteiger partial charge in [-0.25, -0.2) is 18.7 Å². The number of rotatable bonds is 6. The minimum Gasteiger partial charge on any atom is -0.494 e. The Morgan fingerprint density at radius 3 is 2.39 bits per heavy atom.